The van der Waals surface area contributed by atoms with Crippen molar-refractivity contribution in [1.82, 2.24) is 0 Å². The summed E-state index contributed by atoms with van der Waals surface area (Å²) < 4.78 is 0. The molecule has 3 heteroatoms. The van der Waals surface area contributed by atoms with Crippen LogP contribution in [0, 0.1) is 5.41 Å². The van der Waals surface area contributed by atoms with Gasteiger partial charge in [0.15, 0.2) is 5.78 Å². The van der Waals surface area contributed by atoms with Gasteiger partial charge in [-0.15, -0.1) is 0 Å². The fourth-order valence-corrected chi connectivity index (χ4v) is 1.49. The molecule has 0 atom stereocenters. The number of ketones is 1. The van der Waals surface area contributed by atoms with Gasteiger partial charge in [-0.1, -0.05) is 44.0 Å². The van der Waals surface area contributed by atoms with Gasteiger partial charge >= 0.3 is 0 Å². The first-order valence-corrected chi connectivity index (χ1v) is 5.64. The molecule has 0 heterocycles. The monoisotopic (exact) mass is 244 g/mol. The second kappa shape index (κ2) is 4.54. The van der Waals surface area contributed by atoms with Gasteiger partial charge in [-0.25, -0.2) is 0 Å². The molecule has 0 aromatic heterocycles. The maximum absolute atomic E-state index is 12.1. The highest BCUT2D eigenvalue weighted by Gasteiger charge is 2.26. The largest absolute Gasteiger partial charge is 0.294 e. The molecule has 0 aliphatic carbocycles. The second-order valence-electron chi connectivity index (χ2n) is 4.20. The molecule has 0 spiro atoms. The average molecular weight is 245 g/mol. The highest BCUT2D eigenvalue weighted by molar-refractivity contribution is 6.42. The summed E-state index contributed by atoms with van der Waals surface area (Å²) in [6, 6.07) is 5.00. The fourth-order valence-electron chi connectivity index (χ4n) is 1.19. The number of Topliss-reactive ketones (excluding diaryl/α,β-unsaturated/α-hetero) is 1. The van der Waals surface area contributed by atoms with Crippen LogP contribution in [-0.2, 0) is 0 Å². The lowest BCUT2D eigenvalue weighted by molar-refractivity contribution is 0.0833. The summed E-state index contributed by atoms with van der Waals surface area (Å²) in [5.41, 5.74) is 0.271. The van der Waals surface area contributed by atoms with E-state index < -0.39 is 0 Å². The minimum absolute atomic E-state index is 0.101. The first kappa shape index (κ1) is 12.5. The molecule has 0 aliphatic heterocycles. The number of carbonyl (C=O) groups excluding carboxylic acids is 1. The number of carbonyl (C=O) groups is 1. The summed E-state index contributed by atoms with van der Waals surface area (Å²) in [7, 11) is 0. The van der Waals surface area contributed by atoms with Gasteiger partial charge in [-0.2, -0.15) is 0 Å². The normalized spacial score (nSPS) is 11.5. The standard InChI is InChI=1S/C12H14Cl2O/c1-4-12(2,3)11(15)8-5-6-9(13)10(14)7-8/h5-7H,4H2,1-3H3. The molecular formula is C12H14Cl2O. The average Bonchev–Trinajstić information content (AvgIpc) is 2.21. The van der Waals surface area contributed by atoms with Crippen LogP contribution in [-0.4, -0.2) is 5.78 Å². The first-order valence-electron chi connectivity index (χ1n) is 4.88. The molecule has 0 saturated carbocycles. The van der Waals surface area contributed by atoms with Crippen molar-refractivity contribution < 1.29 is 4.79 Å². The van der Waals surface area contributed by atoms with Crippen LogP contribution in [0.2, 0.25) is 10.0 Å². The van der Waals surface area contributed by atoms with Crippen molar-refractivity contribution in [2.24, 2.45) is 5.41 Å². The van der Waals surface area contributed by atoms with Gasteiger partial charge in [0.25, 0.3) is 0 Å². The third-order valence-electron chi connectivity index (χ3n) is 2.68. The lowest BCUT2D eigenvalue weighted by Crippen LogP contribution is -2.23. The Morgan fingerprint density at radius 1 is 1.27 bits per heavy atom. The van der Waals surface area contributed by atoms with Crippen molar-refractivity contribution >= 4 is 29.0 Å². The summed E-state index contributed by atoms with van der Waals surface area (Å²) in [5, 5.41) is 0.900. The van der Waals surface area contributed by atoms with Gasteiger partial charge < -0.3 is 0 Å². The molecule has 15 heavy (non-hydrogen) atoms. The smallest absolute Gasteiger partial charge is 0.168 e. The van der Waals surface area contributed by atoms with E-state index in [-0.39, 0.29) is 11.2 Å². The Balaban J connectivity index is 3.08. The number of hydrogen-bond donors (Lipinski definition) is 0. The molecule has 0 unspecified atom stereocenters. The minimum Gasteiger partial charge on any atom is -0.294 e. The second-order valence-corrected chi connectivity index (χ2v) is 5.01. The zero-order valence-corrected chi connectivity index (χ0v) is 10.6. The first-order chi connectivity index (χ1) is 6.88. The number of halogens is 2. The number of rotatable bonds is 3. The minimum atomic E-state index is -0.350. The van der Waals surface area contributed by atoms with Crippen LogP contribution in [0.15, 0.2) is 18.2 Å². The molecule has 0 bridgehead atoms. The van der Waals surface area contributed by atoms with E-state index in [1.807, 2.05) is 20.8 Å². The molecule has 0 saturated heterocycles. The summed E-state index contributed by atoms with van der Waals surface area (Å²) in [5.74, 6) is 0.101. The Morgan fingerprint density at radius 2 is 1.87 bits per heavy atom. The molecule has 0 amide bonds. The Hall–Kier alpha value is -0.530. The van der Waals surface area contributed by atoms with E-state index in [1.54, 1.807) is 18.2 Å². The highest BCUT2D eigenvalue weighted by atomic mass is 35.5. The van der Waals surface area contributed by atoms with Gasteiger partial charge in [-0.3, -0.25) is 4.79 Å². The highest BCUT2D eigenvalue weighted by Crippen LogP contribution is 2.29. The van der Waals surface area contributed by atoms with Gasteiger partial charge in [0.2, 0.25) is 0 Å². The van der Waals surface area contributed by atoms with Crippen LogP contribution in [0.5, 0.6) is 0 Å². The van der Waals surface area contributed by atoms with Crippen molar-refractivity contribution in [1.29, 1.82) is 0 Å². The van der Waals surface area contributed by atoms with E-state index in [0.29, 0.717) is 15.6 Å². The van der Waals surface area contributed by atoms with E-state index in [1.165, 1.54) is 0 Å². The van der Waals surface area contributed by atoms with E-state index >= 15 is 0 Å². The Bertz CT molecular complexity index is 383. The van der Waals surface area contributed by atoms with E-state index in [9.17, 15) is 4.79 Å². The maximum atomic E-state index is 12.1. The number of benzene rings is 1. The van der Waals surface area contributed by atoms with Crippen molar-refractivity contribution in [3.63, 3.8) is 0 Å². The molecule has 0 radical (unpaired) electrons. The maximum Gasteiger partial charge on any atom is 0.168 e. The van der Waals surface area contributed by atoms with Gasteiger partial charge in [0.1, 0.15) is 0 Å². The quantitative estimate of drug-likeness (QED) is 0.710. The topological polar surface area (TPSA) is 17.1 Å². The predicted molar refractivity (Wildman–Crippen MR) is 64.9 cm³/mol. The van der Waals surface area contributed by atoms with Crippen molar-refractivity contribution in [3.8, 4) is 0 Å². The Morgan fingerprint density at radius 3 is 2.33 bits per heavy atom. The summed E-state index contributed by atoms with van der Waals surface area (Å²) in [4.78, 5) is 12.1. The summed E-state index contributed by atoms with van der Waals surface area (Å²) in [6.45, 7) is 5.85. The molecule has 0 N–H and O–H groups in total. The van der Waals surface area contributed by atoms with Crippen LogP contribution < -0.4 is 0 Å². The van der Waals surface area contributed by atoms with E-state index in [2.05, 4.69) is 0 Å². The third kappa shape index (κ3) is 2.73. The van der Waals surface area contributed by atoms with Gasteiger partial charge in [-0.05, 0) is 24.6 Å². The SMILES string of the molecule is CCC(C)(C)C(=O)c1ccc(Cl)c(Cl)c1. The Labute approximate surface area is 100 Å². The zero-order chi connectivity index (χ0) is 11.6. The van der Waals surface area contributed by atoms with Gasteiger partial charge in [0.05, 0.1) is 10.0 Å². The van der Waals surface area contributed by atoms with E-state index in [0.717, 1.165) is 6.42 Å². The molecule has 1 aromatic carbocycles. The van der Waals surface area contributed by atoms with Crippen LogP contribution in [0.4, 0.5) is 0 Å². The zero-order valence-electron chi connectivity index (χ0n) is 9.10. The van der Waals surface area contributed by atoms with Crippen LogP contribution in [0.1, 0.15) is 37.6 Å². The molecule has 0 fully saturated rings. The molecule has 1 nitrogen and oxygen atoms in total. The molecule has 0 aliphatic rings. The predicted octanol–water partition coefficient (Wildman–Crippen LogP) is 4.61. The van der Waals surface area contributed by atoms with Crippen LogP contribution in [0.3, 0.4) is 0 Å². The van der Waals surface area contributed by atoms with Crippen molar-refractivity contribution in [2.45, 2.75) is 27.2 Å². The third-order valence-corrected chi connectivity index (χ3v) is 3.42. The van der Waals surface area contributed by atoms with Gasteiger partial charge in [0, 0.05) is 11.0 Å². The fraction of sp³-hybridized carbons (Fsp3) is 0.417. The van der Waals surface area contributed by atoms with Crippen molar-refractivity contribution in [2.75, 3.05) is 0 Å². The summed E-state index contributed by atoms with van der Waals surface area (Å²) in [6.07, 6.45) is 0.798. The molecule has 1 aromatic rings. The molecular weight excluding hydrogens is 231 g/mol. The van der Waals surface area contributed by atoms with E-state index in [4.69, 9.17) is 23.2 Å². The molecule has 1 rings (SSSR count). The summed E-state index contributed by atoms with van der Waals surface area (Å²) >= 11 is 11.7. The van der Waals surface area contributed by atoms with Crippen molar-refractivity contribution in [3.05, 3.63) is 33.8 Å². The lowest BCUT2D eigenvalue weighted by atomic mass is 9.82. The lowest BCUT2D eigenvalue weighted by Gasteiger charge is -2.20. The number of hydrogen-bond acceptors (Lipinski definition) is 1. The van der Waals surface area contributed by atoms with Crippen LogP contribution >= 0.6 is 23.2 Å². The Kier molecular flexibility index (Phi) is 3.80. The van der Waals surface area contributed by atoms with Crippen LogP contribution in [0.25, 0.3) is 0 Å². The molecule has 82 valence electrons.